The number of halogens is 1. The Balaban J connectivity index is 2.21. The molecule has 0 fully saturated rings. The molecule has 1 N–H and O–H groups in total. The Kier molecular flexibility index (Phi) is 3.38. The van der Waals surface area contributed by atoms with E-state index in [0.717, 1.165) is 5.56 Å². The molecular weight excluding hydrogens is 294 g/mol. The third-order valence-corrected chi connectivity index (χ3v) is 3.59. The Morgan fingerprint density at radius 3 is 2.75 bits per heavy atom. The number of hydrogen-bond acceptors (Lipinski definition) is 3. The number of aromatic amines is 1. The molecule has 3 rings (SSSR count). The number of fused-ring (bicyclic) bond motifs is 1. The summed E-state index contributed by atoms with van der Waals surface area (Å²) in [4.78, 5) is 19.5. The van der Waals surface area contributed by atoms with Crippen LogP contribution in [-0.2, 0) is 6.54 Å². The van der Waals surface area contributed by atoms with Gasteiger partial charge in [-0.25, -0.2) is 0 Å². The van der Waals surface area contributed by atoms with Gasteiger partial charge in [0.25, 0.3) is 5.56 Å². The van der Waals surface area contributed by atoms with E-state index in [2.05, 4.69) is 9.97 Å². The highest BCUT2D eigenvalue weighted by Crippen LogP contribution is 2.14. The lowest BCUT2D eigenvalue weighted by atomic mass is 10.2. The SMILES string of the molecule is O=c1c2cc(Cl)ccc2[nH]c(=S)n1Cc1ccncc1. The van der Waals surface area contributed by atoms with Gasteiger partial charge in [0, 0.05) is 17.4 Å². The van der Waals surface area contributed by atoms with Crippen molar-refractivity contribution in [2.24, 2.45) is 0 Å². The van der Waals surface area contributed by atoms with Gasteiger partial charge in [-0.15, -0.1) is 0 Å². The molecule has 0 saturated heterocycles. The minimum absolute atomic E-state index is 0.150. The number of hydrogen-bond donors (Lipinski definition) is 1. The van der Waals surface area contributed by atoms with Crippen molar-refractivity contribution in [3.05, 3.63) is 68.4 Å². The lowest BCUT2D eigenvalue weighted by Crippen LogP contribution is -2.22. The van der Waals surface area contributed by atoms with Crippen molar-refractivity contribution in [3.8, 4) is 0 Å². The number of pyridine rings is 1. The fraction of sp³-hybridized carbons (Fsp3) is 0.0714. The van der Waals surface area contributed by atoms with E-state index in [1.807, 2.05) is 12.1 Å². The molecule has 2 aromatic heterocycles. The van der Waals surface area contributed by atoms with Gasteiger partial charge in [-0.3, -0.25) is 14.3 Å². The van der Waals surface area contributed by atoms with Crippen LogP contribution in [0, 0.1) is 4.77 Å². The minimum atomic E-state index is -0.150. The van der Waals surface area contributed by atoms with Crippen molar-refractivity contribution in [1.29, 1.82) is 0 Å². The maximum absolute atomic E-state index is 12.5. The molecule has 0 bridgehead atoms. The Labute approximate surface area is 124 Å². The Hall–Kier alpha value is -1.98. The van der Waals surface area contributed by atoms with Gasteiger partial charge in [-0.05, 0) is 48.1 Å². The van der Waals surface area contributed by atoms with Crippen molar-refractivity contribution < 1.29 is 0 Å². The van der Waals surface area contributed by atoms with Crippen LogP contribution in [-0.4, -0.2) is 14.5 Å². The van der Waals surface area contributed by atoms with Crippen molar-refractivity contribution >= 4 is 34.7 Å². The molecule has 0 aliphatic rings. The summed E-state index contributed by atoms with van der Waals surface area (Å²) in [5.74, 6) is 0. The quantitative estimate of drug-likeness (QED) is 0.740. The van der Waals surface area contributed by atoms with Crippen LogP contribution in [0.3, 0.4) is 0 Å². The van der Waals surface area contributed by atoms with Gasteiger partial charge in [0.2, 0.25) is 0 Å². The number of nitrogens with one attached hydrogen (secondary N) is 1. The minimum Gasteiger partial charge on any atom is -0.332 e. The first-order chi connectivity index (χ1) is 9.65. The molecule has 3 aromatic rings. The molecule has 100 valence electrons. The van der Waals surface area contributed by atoms with Gasteiger partial charge in [0.15, 0.2) is 4.77 Å². The van der Waals surface area contributed by atoms with Crippen molar-refractivity contribution in [2.75, 3.05) is 0 Å². The van der Waals surface area contributed by atoms with Crippen LogP contribution < -0.4 is 5.56 Å². The van der Waals surface area contributed by atoms with Gasteiger partial charge >= 0.3 is 0 Å². The predicted molar refractivity (Wildman–Crippen MR) is 81.7 cm³/mol. The average Bonchev–Trinajstić information content (AvgIpc) is 2.46. The standard InChI is InChI=1S/C14H10ClN3OS/c15-10-1-2-12-11(7-10)13(19)18(14(20)17-12)8-9-3-5-16-6-4-9/h1-7H,8H2,(H,17,20). The second-order valence-corrected chi connectivity index (χ2v) is 5.19. The highest BCUT2D eigenvalue weighted by atomic mass is 35.5. The lowest BCUT2D eigenvalue weighted by molar-refractivity contribution is 0.733. The molecule has 1 aromatic carbocycles. The third kappa shape index (κ3) is 2.37. The van der Waals surface area contributed by atoms with Gasteiger partial charge in [0.05, 0.1) is 17.4 Å². The number of nitrogens with zero attached hydrogens (tertiary/aromatic N) is 2. The summed E-state index contributed by atoms with van der Waals surface area (Å²) in [6, 6.07) is 8.83. The topological polar surface area (TPSA) is 50.7 Å². The zero-order valence-corrected chi connectivity index (χ0v) is 11.9. The molecule has 2 heterocycles. The van der Waals surface area contributed by atoms with E-state index in [0.29, 0.717) is 27.2 Å². The highest BCUT2D eigenvalue weighted by molar-refractivity contribution is 7.71. The molecule has 20 heavy (non-hydrogen) atoms. The zero-order chi connectivity index (χ0) is 14.1. The third-order valence-electron chi connectivity index (χ3n) is 3.03. The number of H-pyrrole nitrogens is 1. The first-order valence-electron chi connectivity index (χ1n) is 5.96. The molecule has 0 spiro atoms. The molecule has 0 aliphatic carbocycles. The van der Waals surface area contributed by atoms with Crippen LogP contribution in [0.2, 0.25) is 5.02 Å². The largest absolute Gasteiger partial charge is 0.332 e. The smallest absolute Gasteiger partial charge is 0.262 e. The van der Waals surface area contributed by atoms with Crippen molar-refractivity contribution in [2.45, 2.75) is 6.54 Å². The molecule has 0 radical (unpaired) electrons. The summed E-state index contributed by atoms with van der Waals surface area (Å²) in [7, 11) is 0. The van der Waals surface area contributed by atoms with Crippen molar-refractivity contribution in [3.63, 3.8) is 0 Å². The monoisotopic (exact) mass is 303 g/mol. The first-order valence-corrected chi connectivity index (χ1v) is 6.75. The Morgan fingerprint density at radius 2 is 2.00 bits per heavy atom. The Bertz CT molecular complexity index is 886. The maximum atomic E-state index is 12.5. The number of rotatable bonds is 2. The van der Waals surface area contributed by atoms with Crippen molar-refractivity contribution in [1.82, 2.24) is 14.5 Å². The first kappa shape index (κ1) is 13.0. The van der Waals surface area contributed by atoms with Gasteiger partial charge in [-0.1, -0.05) is 11.6 Å². The average molecular weight is 304 g/mol. The maximum Gasteiger partial charge on any atom is 0.262 e. The molecule has 0 atom stereocenters. The fourth-order valence-corrected chi connectivity index (χ4v) is 2.47. The molecule has 0 saturated carbocycles. The van der Waals surface area contributed by atoms with Gasteiger partial charge < -0.3 is 4.98 Å². The summed E-state index contributed by atoms with van der Waals surface area (Å²) < 4.78 is 1.91. The van der Waals surface area contributed by atoms with E-state index in [9.17, 15) is 4.79 Å². The molecular formula is C14H10ClN3OS. The van der Waals surface area contributed by atoms with E-state index in [1.54, 1.807) is 30.6 Å². The normalized spacial score (nSPS) is 10.8. The Morgan fingerprint density at radius 1 is 1.25 bits per heavy atom. The van der Waals surface area contributed by atoms with Crippen LogP contribution in [0.15, 0.2) is 47.5 Å². The number of benzene rings is 1. The van der Waals surface area contributed by atoms with Crippen LogP contribution in [0.25, 0.3) is 10.9 Å². The highest BCUT2D eigenvalue weighted by Gasteiger charge is 2.06. The lowest BCUT2D eigenvalue weighted by Gasteiger charge is -2.08. The van der Waals surface area contributed by atoms with E-state index in [4.69, 9.17) is 23.8 Å². The second-order valence-electron chi connectivity index (χ2n) is 4.37. The molecule has 6 heteroatoms. The summed E-state index contributed by atoms with van der Waals surface area (Å²) in [5.41, 5.74) is 1.50. The molecule has 0 amide bonds. The van der Waals surface area contributed by atoms with Gasteiger partial charge in [0.1, 0.15) is 0 Å². The van der Waals surface area contributed by atoms with Crippen LogP contribution in [0.4, 0.5) is 0 Å². The van der Waals surface area contributed by atoms with Crippen LogP contribution in [0.5, 0.6) is 0 Å². The summed E-state index contributed by atoms with van der Waals surface area (Å²) in [5, 5.41) is 1.05. The van der Waals surface area contributed by atoms with Crippen LogP contribution in [0.1, 0.15) is 5.56 Å². The molecule has 0 unspecified atom stereocenters. The van der Waals surface area contributed by atoms with Gasteiger partial charge in [-0.2, -0.15) is 0 Å². The van der Waals surface area contributed by atoms with E-state index in [-0.39, 0.29) is 5.56 Å². The van der Waals surface area contributed by atoms with Crippen LogP contribution >= 0.6 is 23.8 Å². The van der Waals surface area contributed by atoms with E-state index >= 15 is 0 Å². The van der Waals surface area contributed by atoms with E-state index < -0.39 is 0 Å². The number of aromatic nitrogens is 3. The second kappa shape index (κ2) is 5.19. The zero-order valence-electron chi connectivity index (χ0n) is 10.3. The van der Waals surface area contributed by atoms with E-state index in [1.165, 1.54) is 4.57 Å². The molecule has 0 aliphatic heterocycles. The predicted octanol–water partition coefficient (Wildman–Crippen LogP) is 3.16. The summed E-state index contributed by atoms with van der Waals surface area (Å²) >= 11 is 11.2. The molecule has 4 nitrogen and oxygen atoms in total. The summed E-state index contributed by atoms with van der Waals surface area (Å²) in [6.07, 6.45) is 3.37. The summed E-state index contributed by atoms with van der Waals surface area (Å²) in [6.45, 7) is 0.402. The fourth-order valence-electron chi connectivity index (χ4n) is 2.04.